The average Bonchev–Trinajstić information content (AvgIpc) is 2.63. The molecule has 5 nitrogen and oxygen atoms in total. The van der Waals surface area contributed by atoms with E-state index in [1.54, 1.807) is 7.11 Å². The lowest BCUT2D eigenvalue weighted by atomic mass is 10.2. The third kappa shape index (κ3) is 5.82. The van der Waals surface area contributed by atoms with E-state index in [0.717, 1.165) is 35.6 Å². The molecule has 0 aliphatic rings. The molecule has 126 valence electrons. The molecular formula is C19H23N3O2. The smallest absolute Gasteiger partial charge is 0.161 e. The summed E-state index contributed by atoms with van der Waals surface area (Å²) in [6.45, 7) is 1.24. The Morgan fingerprint density at radius 3 is 2.62 bits per heavy atom. The minimum absolute atomic E-state index is 0.565. The van der Waals surface area contributed by atoms with Crippen LogP contribution in [-0.4, -0.2) is 13.7 Å². The molecule has 0 unspecified atom stereocenters. The number of anilines is 1. The highest BCUT2D eigenvalue weighted by Crippen LogP contribution is 2.28. The van der Waals surface area contributed by atoms with Gasteiger partial charge in [-0.05, 0) is 42.7 Å². The van der Waals surface area contributed by atoms with Gasteiger partial charge in [0.2, 0.25) is 0 Å². The highest BCUT2D eigenvalue weighted by molar-refractivity contribution is 5.44. The third-order valence-electron chi connectivity index (χ3n) is 3.47. The van der Waals surface area contributed by atoms with Crippen LogP contribution in [0, 0.1) is 11.3 Å². The second kappa shape index (κ2) is 10.1. The van der Waals surface area contributed by atoms with Crippen LogP contribution in [0.3, 0.4) is 0 Å². The Hall–Kier alpha value is -2.71. The maximum atomic E-state index is 8.54. The summed E-state index contributed by atoms with van der Waals surface area (Å²) < 4.78 is 11.1. The van der Waals surface area contributed by atoms with Crippen LogP contribution < -0.4 is 20.3 Å². The highest BCUT2D eigenvalue weighted by atomic mass is 16.5. The van der Waals surface area contributed by atoms with Gasteiger partial charge in [0.1, 0.15) is 0 Å². The van der Waals surface area contributed by atoms with E-state index >= 15 is 0 Å². The fourth-order valence-electron chi connectivity index (χ4n) is 2.20. The van der Waals surface area contributed by atoms with E-state index in [-0.39, 0.29) is 0 Å². The Labute approximate surface area is 143 Å². The van der Waals surface area contributed by atoms with Crippen LogP contribution >= 0.6 is 0 Å². The number of nitriles is 1. The van der Waals surface area contributed by atoms with Crippen LogP contribution in [0.25, 0.3) is 0 Å². The van der Waals surface area contributed by atoms with E-state index in [9.17, 15) is 0 Å². The lowest BCUT2D eigenvalue weighted by molar-refractivity contribution is 0.286. The van der Waals surface area contributed by atoms with E-state index in [2.05, 4.69) is 16.9 Å². The van der Waals surface area contributed by atoms with Gasteiger partial charge >= 0.3 is 0 Å². The number of ether oxygens (including phenoxy) is 2. The van der Waals surface area contributed by atoms with Gasteiger partial charge in [-0.3, -0.25) is 0 Å². The molecule has 2 rings (SSSR count). The van der Waals surface area contributed by atoms with Crippen molar-refractivity contribution in [3.63, 3.8) is 0 Å². The lowest BCUT2D eigenvalue weighted by Crippen LogP contribution is -2.20. The van der Waals surface area contributed by atoms with Gasteiger partial charge in [-0.2, -0.15) is 5.26 Å². The van der Waals surface area contributed by atoms with E-state index in [4.69, 9.17) is 14.7 Å². The Morgan fingerprint density at radius 2 is 1.88 bits per heavy atom. The van der Waals surface area contributed by atoms with Gasteiger partial charge in [-0.15, -0.1) is 0 Å². The summed E-state index contributed by atoms with van der Waals surface area (Å²) in [6.07, 6.45) is 2.27. The van der Waals surface area contributed by atoms with Crippen molar-refractivity contribution in [3.8, 4) is 17.6 Å². The molecule has 0 aromatic heterocycles. The molecule has 0 radical (unpaired) electrons. The van der Waals surface area contributed by atoms with Gasteiger partial charge in [-0.1, -0.05) is 24.3 Å². The number of methoxy groups -OCH3 is 1. The van der Waals surface area contributed by atoms with Crippen LogP contribution in [0.4, 0.5) is 5.69 Å². The SMILES string of the molecule is COc1ccc(CNNc2ccccc2)cc1OCCCCC#N. The number of nitrogens with zero attached hydrogens (tertiary/aromatic N) is 1. The number of hydrogen-bond acceptors (Lipinski definition) is 5. The Kier molecular flexibility index (Phi) is 7.45. The fraction of sp³-hybridized carbons (Fsp3) is 0.316. The van der Waals surface area contributed by atoms with Crippen LogP contribution in [0.5, 0.6) is 11.5 Å². The van der Waals surface area contributed by atoms with Crippen LogP contribution in [-0.2, 0) is 6.54 Å². The molecule has 2 aromatic rings. The second-order valence-electron chi connectivity index (χ2n) is 5.29. The summed E-state index contributed by atoms with van der Waals surface area (Å²) in [4.78, 5) is 0. The number of unbranched alkanes of at least 4 members (excludes halogenated alkanes) is 2. The van der Waals surface area contributed by atoms with E-state index in [1.807, 2.05) is 48.5 Å². The summed E-state index contributed by atoms with van der Waals surface area (Å²) in [7, 11) is 1.63. The molecule has 0 amide bonds. The monoisotopic (exact) mass is 325 g/mol. The van der Waals surface area contributed by atoms with Crippen molar-refractivity contribution >= 4 is 5.69 Å². The number of rotatable bonds is 10. The maximum Gasteiger partial charge on any atom is 0.161 e. The maximum absolute atomic E-state index is 8.54. The number of benzene rings is 2. The van der Waals surface area contributed by atoms with Gasteiger partial charge in [-0.25, -0.2) is 5.43 Å². The minimum Gasteiger partial charge on any atom is -0.493 e. The molecule has 0 saturated carbocycles. The quantitative estimate of drug-likeness (QED) is 0.512. The molecule has 0 fully saturated rings. The van der Waals surface area contributed by atoms with Gasteiger partial charge in [0.15, 0.2) is 11.5 Å². The summed E-state index contributed by atoms with van der Waals surface area (Å²) in [5, 5.41) is 8.54. The first kappa shape index (κ1) is 17.6. The van der Waals surface area contributed by atoms with Crippen molar-refractivity contribution in [1.29, 1.82) is 5.26 Å². The zero-order valence-electron chi connectivity index (χ0n) is 13.9. The Morgan fingerprint density at radius 1 is 1.04 bits per heavy atom. The third-order valence-corrected chi connectivity index (χ3v) is 3.47. The topological polar surface area (TPSA) is 66.3 Å². The largest absolute Gasteiger partial charge is 0.493 e. The second-order valence-corrected chi connectivity index (χ2v) is 5.29. The predicted octanol–water partition coefficient (Wildman–Crippen LogP) is 3.88. The van der Waals surface area contributed by atoms with Crippen molar-refractivity contribution in [2.24, 2.45) is 0 Å². The fourth-order valence-corrected chi connectivity index (χ4v) is 2.20. The molecule has 0 aliphatic carbocycles. The first-order valence-corrected chi connectivity index (χ1v) is 8.04. The molecular weight excluding hydrogens is 302 g/mol. The predicted molar refractivity (Wildman–Crippen MR) is 94.9 cm³/mol. The van der Waals surface area contributed by atoms with Crippen LogP contribution in [0.2, 0.25) is 0 Å². The zero-order valence-corrected chi connectivity index (χ0v) is 13.9. The summed E-state index contributed by atoms with van der Waals surface area (Å²) >= 11 is 0. The number of para-hydroxylation sites is 1. The van der Waals surface area contributed by atoms with Crippen molar-refractivity contribution in [2.45, 2.75) is 25.8 Å². The van der Waals surface area contributed by atoms with Gasteiger partial charge < -0.3 is 14.9 Å². The molecule has 0 spiro atoms. The van der Waals surface area contributed by atoms with Gasteiger partial charge in [0.25, 0.3) is 0 Å². The molecule has 0 saturated heterocycles. The molecule has 2 aromatic carbocycles. The molecule has 2 N–H and O–H groups in total. The molecule has 0 bridgehead atoms. The summed E-state index contributed by atoms with van der Waals surface area (Å²) in [6, 6.07) is 18.0. The van der Waals surface area contributed by atoms with Crippen LogP contribution in [0.1, 0.15) is 24.8 Å². The molecule has 24 heavy (non-hydrogen) atoms. The standard InChI is InChI=1S/C19H23N3O2/c1-23-18-11-10-16(14-19(18)24-13-7-3-6-12-20)15-21-22-17-8-4-2-5-9-17/h2,4-5,8-11,14,21-22H,3,6-7,13,15H2,1H3. The number of nitrogens with one attached hydrogen (secondary N) is 2. The normalized spacial score (nSPS) is 10.0. The molecule has 0 aliphatic heterocycles. The average molecular weight is 325 g/mol. The van der Waals surface area contributed by atoms with E-state index in [0.29, 0.717) is 19.6 Å². The summed E-state index contributed by atoms with van der Waals surface area (Å²) in [5.74, 6) is 1.45. The Bertz CT molecular complexity index is 653. The van der Waals surface area contributed by atoms with Gasteiger partial charge in [0.05, 0.1) is 19.8 Å². The first-order valence-electron chi connectivity index (χ1n) is 8.04. The summed E-state index contributed by atoms with van der Waals surface area (Å²) in [5.41, 5.74) is 8.44. The van der Waals surface area contributed by atoms with Crippen molar-refractivity contribution in [2.75, 3.05) is 19.1 Å². The van der Waals surface area contributed by atoms with Crippen molar-refractivity contribution in [1.82, 2.24) is 5.43 Å². The van der Waals surface area contributed by atoms with E-state index < -0.39 is 0 Å². The zero-order chi connectivity index (χ0) is 17.0. The minimum atomic E-state index is 0.565. The van der Waals surface area contributed by atoms with Crippen molar-refractivity contribution in [3.05, 3.63) is 54.1 Å². The molecule has 5 heteroatoms. The molecule has 0 atom stereocenters. The molecule has 0 heterocycles. The number of hydrogen-bond donors (Lipinski definition) is 2. The van der Waals surface area contributed by atoms with Gasteiger partial charge in [0, 0.05) is 18.7 Å². The lowest BCUT2D eigenvalue weighted by Gasteiger charge is -2.13. The van der Waals surface area contributed by atoms with Crippen LogP contribution in [0.15, 0.2) is 48.5 Å². The highest BCUT2D eigenvalue weighted by Gasteiger charge is 2.06. The Balaban J connectivity index is 1.86. The van der Waals surface area contributed by atoms with Crippen molar-refractivity contribution < 1.29 is 9.47 Å². The first-order chi connectivity index (χ1) is 11.8. The van der Waals surface area contributed by atoms with E-state index in [1.165, 1.54) is 0 Å². The number of hydrazine groups is 1.